The summed E-state index contributed by atoms with van der Waals surface area (Å²) in [4.78, 5) is 10.5. The number of carboxylic acid groups (broad SMARTS) is 1. The van der Waals surface area contributed by atoms with Crippen LogP contribution in [-0.4, -0.2) is 18.2 Å². The normalized spacial score (nSPS) is 28.9. The van der Waals surface area contributed by atoms with Gasteiger partial charge in [0.05, 0.1) is 7.11 Å². The molecule has 27 heavy (non-hydrogen) atoms. The van der Waals surface area contributed by atoms with Crippen molar-refractivity contribution in [3.8, 4) is 5.75 Å². The number of hydrogen-bond donors (Lipinski definition) is 1. The second-order valence-corrected chi connectivity index (χ2v) is 8.48. The highest BCUT2D eigenvalue weighted by Crippen LogP contribution is 2.44. The topological polar surface area (TPSA) is 46.5 Å². The highest BCUT2D eigenvalue weighted by molar-refractivity contribution is 5.79. The van der Waals surface area contributed by atoms with Crippen LogP contribution in [0.3, 0.4) is 0 Å². The molecule has 0 atom stereocenters. The summed E-state index contributed by atoms with van der Waals surface area (Å²) < 4.78 is 5.27. The molecule has 1 aromatic rings. The number of methoxy groups -OCH3 is 1. The first-order valence-electron chi connectivity index (χ1n) is 10.7. The van der Waals surface area contributed by atoms with Crippen molar-refractivity contribution in [3.05, 3.63) is 42.0 Å². The second kappa shape index (κ2) is 9.96. The fourth-order valence-corrected chi connectivity index (χ4v) is 5.26. The third kappa shape index (κ3) is 5.85. The lowest BCUT2D eigenvalue weighted by molar-refractivity contribution is -0.131. The zero-order chi connectivity index (χ0) is 19.1. The molecule has 3 heteroatoms. The summed E-state index contributed by atoms with van der Waals surface area (Å²) in [5.41, 5.74) is 1.48. The molecule has 3 rings (SSSR count). The van der Waals surface area contributed by atoms with Gasteiger partial charge < -0.3 is 9.84 Å². The predicted molar refractivity (Wildman–Crippen MR) is 109 cm³/mol. The highest BCUT2D eigenvalue weighted by atomic mass is 16.5. The molecule has 2 aliphatic rings. The van der Waals surface area contributed by atoms with Crippen LogP contribution in [0.5, 0.6) is 5.75 Å². The van der Waals surface area contributed by atoms with Crippen LogP contribution in [0.25, 0.3) is 0 Å². The number of ether oxygens (including phenoxy) is 1. The Labute approximate surface area is 163 Å². The number of benzene rings is 1. The molecule has 0 radical (unpaired) electrons. The van der Waals surface area contributed by atoms with Gasteiger partial charge in [-0.3, -0.25) is 0 Å². The number of aliphatic carboxylic acids is 1. The molecule has 0 bridgehead atoms. The lowest BCUT2D eigenvalue weighted by atomic mass is 9.68. The maximum absolute atomic E-state index is 10.5. The summed E-state index contributed by atoms with van der Waals surface area (Å²) in [7, 11) is 1.72. The molecule has 0 aromatic heterocycles. The molecule has 0 amide bonds. The molecule has 0 saturated heterocycles. The first-order valence-corrected chi connectivity index (χ1v) is 10.7. The Morgan fingerprint density at radius 2 is 1.59 bits per heavy atom. The summed E-state index contributed by atoms with van der Waals surface area (Å²) in [6.07, 6.45) is 16.0. The van der Waals surface area contributed by atoms with Crippen LogP contribution in [0.4, 0.5) is 0 Å². The second-order valence-electron chi connectivity index (χ2n) is 8.48. The van der Waals surface area contributed by atoms with Crippen molar-refractivity contribution >= 4 is 5.97 Å². The number of rotatable bonds is 7. The van der Waals surface area contributed by atoms with E-state index >= 15 is 0 Å². The van der Waals surface area contributed by atoms with Crippen molar-refractivity contribution in [2.45, 2.75) is 70.1 Å². The quantitative estimate of drug-likeness (QED) is 0.582. The number of carbonyl (C=O) groups is 1. The minimum atomic E-state index is -0.830. The van der Waals surface area contributed by atoms with Crippen molar-refractivity contribution in [3.63, 3.8) is 0 Å². The fourth-order valence-electron chi connectivity index (χ4n) is 5.26. The van der Waals surface area contributed by atoms with Gasteiger partial charge in [0.25, 0.3) is 0 Å². The molecule has 0 spiro atoms. The van der Waals surface area contributed by atoms with E-state index < -0.39 is 5.97 Å². The van der Waals surface area contributed by atoms with Gasteiger partial charge in [-0.1, -0.05) is 31.1 Å². The average Bonchev–Trinajstić information content (AvgIpc) is 2.72. The van der Waals surface area contributed by atoms with Gasteiger partial charge in [0.1, 0.15) is 5.75 Å². The molecule has 2 aliphatic carbocycles. The number of hydrogen-bond acceptors (Lipinski definition) is 2. The minimum Gasteiger partial charge on any atom is -0.497 e. The summed E-state index contributed by atoms with van der Waals surface area (Å²) >= 11 is 0. The largest absolute Gasteiger partial charge is 0.497 e. The van der Waals surface area contributed by atoms with Crippen LogP contribution < -0.4 is 4.74 Å². The van der Waals surface area contributed by atoms with Gasteiger partial charge in [-0.2, -0.15) is 0 Å². The molecular weight excluding hydrogens is 336 g/mol. The fraction of sp³-hybridized carbons (Fsp3) is 0.625. The highest BCUT2D eigenvalue weighted by Gasteiger charge is 2.31. The van der Waals surface area contributed by atoms with Gasteiger partial charge in [0, 0.05) is 6.08 Å². The molecule has 3 nitrogen and oxygen atoms in total. The van der Waals surface area contributed by atoms with Crippen molar-refractivity contribution < 1.29 is 14.6 Å². The van der Waals surface area contributed by atoms with Crippen molar-refractivity contribution in [1.29, 1.82) is 0 Å². The van der Waals surface area contributed by atoms with Crippen molar-refractivity contribution in [2.75, 3.05) is 7.11 Å². The van der Waals surface area contributed by atoms with E-state index in [9.17, 15) is 4.79 Å². The van der Waals surface area contributed by atoms with Gasteiger partial charge in [0.2, 0.25) is 0 Å². The van der Waals surface area contributed by atoms with Gasteiger partial charge in [-0.25, -0.2) is 4.79 Å². The lowest BCUT2D eigenvalue weighted by Crippen LogP contribution is -2.25. The first kappa shape index (κ1) is 20.0. The zero-order valence-corrected chi connectivity index (χ0v) is 16.6. The molecule has 0 heterocycles. The first-order chi connectivity index (χ1) is 13.2. The predicted octanol–water partition coefficient (Wildman–Crippen LogP) is 6.20. The molecular formula is C24H34O3. The van der Waals surface area contributed by atoms with E-state index in [1.54, 1.807) is 7.11 Å². The maximum atomic E-state index is 10.5. The van der Waals surface area contributed by atoms with Crippen LogP contribution in [0, 0.1) is 17.8 Å². The lowest BCUT2D eigenvalue weighted by Gasteiger charge is -2.38. The third-order valence-electron chi connectivity index (χ3n) is 6.92. The van der Waals surface area contributed by atoms with Crippen molar-refractivity contribution in [2.24, 2.45) is 17.8 Å². The summed E-state index contributed by atoms with van der Waals surface area (Å²) in [5, 5.41) is 8.65. The van der Waals surface area contributed by atoms with Gasteiger partial charge in [-0.05, 0) is 92.7 Å². The molecule has 0 aliphatic heterocycles. The van der Waals surface area contributed by atoms with Gasteiger partial charge in [0.15, 0.2) is 0 Å². The van der Waals surface area contributed by atoms with Crippen LogP contribution >= 0.6 is 0 Å². The molecule has 148 valence electrons. The van der Waals surface area contributed by atoms with E-state index in [1.165, 1.54) is 63.0 Å². The summed E-state index contributed by atoms with van der Waals surface area (Å²) in [6, 6.07) is 8.67. The van der Waals surface area contributed by atoms with Crippen LogP contribution in [0.2, 0.25) is 0 Å². The molecule has 2 fully saturated rings. The van der Waals surface area contributed by atoms with E-state index in [0.717, 1.165) is 42.3 Å². The Hall–Kier alpha value is -1.77. The van der Waals surface area contributed by atoms with E-state index in [1.807, 2.05) is 6.08 Å². The molecule has 1 N–H and O–H groups in total. The smallest absolute Gasteiger partial charge is 0.327 e. The van der Waals surface area contributed by atoms with Gasteiger partial charge in [-0.15, -0.1) is 0 Å². The zero-order valence-electron chi connectivity index (χ0n) is 16.6. The Morgan fingerprint density at radius 1 is 1.00 bits per heavy atom. The van der Waals surface area contributed by atoms with Gasteiger partial charge >= 0.3 is 5.97 Å². The number of allylic oxidation sites excluding steroid dienone is 1. The van der Waals surface area contributed by atoms with E-state index in [2.05, 4.69) is 24.3 Å². The third-order valence-corrected chi connectivity index (χ3v) is 6.92. The summed E-state index contributed by atoms with van der Waals surface area (Å²) in [5.74, 6) is 3.49. The molecule has 2 saturated carbocycles. The number of carboxylic acids is 1. The Balaban J connectivity index is 1.38. The van der Waals surface area contributed by atoms with E-state index in [-0.39, 0.29) is 0 Å². The minimum absolute atomic E-state index is 0.726. The van der Waals surface area contributed by atoms with E-state index in [4.69, 9.17) is 9.84 Å². The van der Waals surface area contributed by atoms with Crippen LogP contribution in [0.1, 0.15) is 75.7 Å². The SMILES string of the molecule is COc1ccc([C@H]2CC[C@H]([C@H]3CC[C@H](CC/C=C/C(=O)O)CC3)CC2)cc1. The van der Waals surface area contributed by atoms with Crippen molar-refractivity contribution in [1.82, 2.24) is 0 Å². The Bertz CT molecular complexity index is 603. The van der Waals surface area contributed by atoms with Crippen LogP contribution in [-0.2, 0) is 4.79 Å². The standard InChI is InChI=1S/C24H34O3/c1-27-23-16-14-22(15-17-23)21-12-10-20(11-13-21)19-8-6-18(7-9-19)4-2-3-5-24(25)26/h3,5,14-21H,2,4,6-13H2,1H3,(H,25,26)/b5-3+/t18-,19-,20-,21-. The Kier molecular flexibility index (Phi) is 7.37. The molecule has 0 unspecified atom stereocenters. The Morgan fingerprint density at radius 3 is 2.15 bits per heavy atom. The monoisotopic (exact) mass is 370 g/mol. The van der Waals surface area contributed by atoms with Crippen LogP contribution in [0.15, 0.2) is 36.4 Å². The van der Waals surface area contributed by atoms with E-state index in [0.29, 0.717) is 0 Å². The summed E-state index contributed by atoms with van der Waals surface area (Å²) in [6.45, 7) is 0. The maximum Gasteiger partial charge on any atom is 0.327 e. The molecule has 1 aromatic carbocycles. The average molecular weight is 371 g/mol.